The molecule has 0 aromatic carbocycles. The van der Waals surface area contributed by atoms with Crippen molar-refractivity contribution in [3.63, 3.8) is 0 Å². The van der Waals surface area contributed by atoms with E-state index in [1.807, 2.05) is 24.4 Å². The second-order valence-electron chi connectivity index (χ2n) is 9.17. The van der Waals surface area contributed by atoms with Gasteiger partial charge in [0.2, 0.25) is 0 Å². The van der Waals surface area contributed by atoms with Crippen molar-refractivity contribution in [3.05, 3.63) is 42.4 Å². The number of nitrogens with zero attached hydrogens (tertiary/aromatic N) is 6. The molecule has 3 aliphatic rings. The lowest BCUT2D eigenvalue weighted by atomic mass is 9.88. The van der Waals surface area contributed by atoms with E-state index in [0.29, 0.717) is 28.9 Å². The fourth-order valence-corrected chi connectivity index (χ4v) is 4.45. The van der Waals surface area contributed by atoms with Crippen LogP contribution in [0.25, 0.3) is 16.6 Å². The fraction of sp³-hybridized carbons (Fsp3) is 0.435. The van der Waals surface area contributed by atoms with E-state index >= 15 is 0 Å². The summed E-state index contributed by atoms with van der Waals surface area (Å²) in [7, 11) is 2.20. The monoisotopic (exact) mass is 418 g/mol. The molecule has 8 nitrogen and oxygen atoms in total. The SMILES string of the molecule is CN1C2CC1CN(c1ccc(-c3cc(OCC(C)(C)O)cn4ncc(C#N)c34)cn1)C2. The van der Waals surface area contributed by atoms with Crippen LogP contribution < -0.4 is 9.64 Å². The summed E-state index contributed by atoms with van der Waals surface area (Å²) in [4.78, 5) is 9.53. The molecule has 3 aromatic heterocycles. The van der Waals surface area contributed by atoms with Gasteiger partial charge >= 0.3 is 0 Å². The summed E-state index contributed by atoms with van der Waals surface area (Å²) in [6.07, 6.45) is 6.40. The van der Waals surface area contributed by atoms with Crippen molar-refractivity contribution in [2.45, 2.75) is 38.0 Å². The number of hydrogen-bond donors (Lipinski definition) is 1. The Kier molecular flexibility index (Phi) is 4.61. The highest BCUT2D eigenvalue weighted by molar-refractivity contribution is 5.85. The highest BCUT2D eigenvalue weighted by Gasteiger charge is 2.42. The molecule has 0 saturated carbocycles. The summed E-state index contributed by atoms with van der Waals surface area (Å²) in [5.41, 5.74) is 1.96. The first-order valence-corrected chi connectivity index (χ1v) is 10.5. The van der Waals surface area contributed by atoms with Crippen LogP contribution in [-0.4, -0.2) is 69.0 Å². The van der Waals surface area contributed by atoms with Gasteiger partial charge in [0, 0.05) is 42.5 Å². The molecule has 8 heteroatoms. The van der Waals surface area contributed by atoms with Gasteiger partial charge in [-0.3, -0.25) is 4.90 Å². The van der Waals surface area contributed by atoms with Gasteiger partial charge in [-0.15, -0.1) is 0 Å². The van der Waals surface area contributed by atoms with E-state index in [4.69, 9.17) is 9.72 Å². The van der Waals surface area contributed by atoms with Crippen LogP contribution in [-0.2, 0) is 0 Å². The third-order valence-electron chi connectivity index (χ3n) is 6.24. The van der Waals surface area contributed by atoms with Crippen LogP contribution in [0.4, 0.5) is 5.82 Å². The van der Waals surface area contributed by atoms with Crippen LogP contribution in [0.3, 0.4) is 0 Å². The summed E-state index contributed by atoms with van der Waals surface area (Å²) in [6, 6.07) is 9.42. The Morgan fingerprint density at radius 3 is 2.65 bits per heavy atom. The summed E-state index contributed by atoms with van der Waals surface area (Å²) in [6.45, 7) is 5.54. The minimum Gasteiger partial charge on any atom is -0.489 e. The summed E-state index contributed by atoms with van der Waals surface area (Å²) < 4.78 is 7.45. The predicted molar refractivity (Wildman–Crippen MR) is 117 cm³/mol. The van der Waals surface area contributed by atoms with Crippen LogP contribution in [0.15, 0.2) is 36.8 Å². The molecule has 3 saturated heterocycles. The van der Waals surface area contributed by atoms with Gasteiger partial charge in [-0.2, -0.15) is 10.4 Å². The molecule has 1 N–H and O–H groups in total. The maximum Gasteiger partial charge on any atom is 0.138 e. The lowest BCUT2D eigenvalue weighted by Crippen LogP contribution is -2.67. The lowest BCUT2D eigenvalue weighted by Gasteiger charge is -2.55. The highest BCUT2D eigenvalue weighted by Crippen LogP contribution is 2.34. The predicted octanol–water partition coefficient (Wildman–Crippen LogP) is 2.31. The van der Waals surface area contributed by atoms with Crippen LogP contribution >= 0.6 is 0 Å². The molecular formula is C23H26N6O2. The molecule has 0 spiro atoms. The first-order chi connectivity index (χ1) is 14.8. The van der Waals surface area contributed by atoms with Gasteiger partial charge in [0.15, 0.2) is 0 Å². The third-order valence-corrected chi connectivity index (χ3v) is 6.24. The van der Waals surface area contributed by atoms with Crippen molar-refractivity contribution in [2.24, 2.45) is 0 Å². The first kappa shape index (κ1) is 19.8. The number of piperazine rings is 1. The summed E-state index contributed by atoms with van der Waals surface area (Å²) >= 11 is 0. The van der Waals surface area contributed by atoms with Crippen LogP contribution in [0, 0.1) is 11.3 Å². The number of aliphatic hydroxyl groups is 1. The Hall–Kier alpha value is -3.15. The molecule has 2 bridgehead atoms. The number of piperidine rings is 1. The minimum atomic E-state index is -0.955. The van der Waals surface area contributed by atoms with E-state index < -0.39 is 5.60 Å². The van der Waals surface area contributed by atoms with Crippen LogP contribution in [0.1, 0.15) is 25.8 Å². The van der Waals surface area contributed by atoms with Crippen LogP contribution in [0.5, 0.6) is 5.75 Å². The third kappa shape index (κ3) is 3.60. The van der Waals surface area contributed by atoms with Gasteiger partial charge in [-0.25, -0.2) is 9.50 Å². The molecule has 6 heterocycles. The molecule has 2 atom stereocenters. The number of rotatable bonds is 5. The number of fused-ring (bicyclic) bond motifs is 3. The highest BCUT2D eigenvalue weighted by atomic mass is 16.5. The molecule has 0 radical (unpaired) electrons. The number of ether oxygens (including phenoxy) is 1. The van der Waals surface area contributed by atoms with Crippen molar-refractivity contribution in [2.75, 3.05) is 31.6 Å². The van der Waals surface area contributed by atoms with E-state index in [-0.39, 0.29) is 6.61 Å². The molecule has 160 valence electrons. The zero-order valence-electron chi connectivity index (χ0n) is 18.0. The number of hydrogen-bond acceptors (Lipinski definition) is 7. The Morgan fingerprint density at radius 1 is 1.26 bits per heavy atom. The van der Waals surface area contributed by atoms with Crippen molar-refractivity contribution in [1.82, 2.24) is 19.5 Å². The standard InChI is InChI=1S/C23H26N6O2/c1-23(2,30)14-31-19-7-20(22-16(8-24)10-26-29(22)13-19)15-4-5-21(25-9-15)28-11-17-6-18(12-28)27(17)3/h4-5,7,9-10,13,17-18,30H,6,11-12,14H2,1-3H3. The van der Waals surface area contributed by atoms with Crippen molar-refractivity contribution in [1.29, 1.82) is 5.26 Å². The molecule has 0 amide bonds. The van der Waals surface area contributed by atoms with E-state index in [2.05, 4.69) is 28.0 Å². The lowest BCUT2D eigenvalue weighted by molar-refractivity contribution is 0.0261. The molecule has 2 unspecified atom stereocenters. The Morgan fingerprint density at radius 2 is 2.03 bits per heavy atom. The number of likely N-dealkylation sites (N-methyl/N-ethyl adjacent to an activating group) is 1. The van der Waals surface area contributed by atoms with Crippen molar-refractivity contribution < 1.29 is 9.84 Å². The van der Waals surface area contributed by atoms with Gasteiger partial charge in [0.1, 0.15) is 24.2 Å². The molecule has 3 fully saturated rings. The average Bonchev–Trinajstić information content (AvgIpc) is 3.19. The topological polar surface area (TPSA) is 89.9 Å². The van der Waals surface area contributed by atoms with Crippen molar-refractivity contribution in [3.8, 4) is 22.9 Å². The Labute approximate surface area is 181 Å². The zero-order chi connectivity index (χ0) is 21.8. The fourth-order valence-electron chi connectivity index (χ4n) is 4.45. The van der Waals surface area contributed by atoms with Gasteiger partial charge in [0.25, 0.3) is 0 Å². The largest absolute Gasteiger partial charge is 0.489 e. The Bertz CT molecular complexity index is 1150. The normalized spacial score (nSPS) is 21.1. The summed E-state index contributed by atoms with van der Waals surface area (Å²) in [5, 5.41) is 23.9. The quantitative estimate of drug-likeness (QED) is 0.680. The zero-order valence-corrected chi connectivity index (χ0v) is 18.0. The second-order valence-corrected chi connectivity index (χ2v) is 9.17. The number of aromatic nitrogens is 3. The van der Waals surface area contributed by atoms with Crippen molar-refractivity contribution >= 4 is 11.3 Å². The van der Waals surface area contributed by atoms with Gasteiger partial charge in [-0.1, -0.05) is 0 Å². The van der Waals surface area contributed by atoms with Gasteiger partial charge < -0.3 is 14.7 Å². The number of pyridine rings is 2. The molecule has 3 aliphatic heterocycles. The van der Waals surface area contributed by atoms with E-state index in [1.165, 1.54) is 6.42 Å². The first-order valence-electron chi connectivity index (χ1n) is 10.5. The van der Waals surface area contributed by atoms with E-state index in [1.54, 1.807) is 30.8 Å². The Balaban J connectivity index is 1.48. The smallest absolute Gasteiger partial charge is 0.138 e. The van der Waals surface area contributed by atoms with Gasteiger partial charge in [-0.05, 0) is 45.5 Å². The molecule has 31 heavy (non-hydrogen) atoms. The summed E-state index contributed by atoms with van der Waals surface area (Å²) in [5.74, 6) is 1.55. The second kappa shape index (κ2) is 7.22. The average molecular weight is 419 g/mol. The molecular weight excluding hydrogens is 392 g/mol. The van der Waals surface area contributed by atoms with Gasteiger partial charge in [0.05, 0.1) is 29.1 Å². The van der Waals surface area contributed by atoms with E-state index in [9.17, 15) is 10.4 Å². The molecule has 0 aliphatic carbocycles. The van der Waals surface area contributed by atoms with Crippen LogP contribution in [0.2, 0.25) is 0 Å². The molecule has 3 aromatic rings. The minimum absolute atomic E-state index is 0.146. The molecule has 6 rings (SSSR count). The maximum atomic E-state index is 10.0. The number of anilines is 1. The maximum absolute atomic E-state index is 10.0. The number of nitriles is 1. The van der Waals surface area contributed by atoms with E-state index in [0.717, 1.165) is 30.0 Å².